The van der Waals surface area contributed by atoms with E-state index in [4.69, 9.17) is 0 Å². The average molecular weight is 155 g/mol. The first-order chi connectivity index (χ1) is 5.24. The van der Waals surface area contributed by atoms with Gasteiger partial charge in [-0.2, -0.15) is 0 Å². The summed E-state index contributed by atoms with van der Waals surface area (Å²) in [6, 6.07) is 0. The smallest absolute Gasteiger partial charge is 0.229 e. The van der Waals surface area contributed by atoms with E-state index in [0.29, 0.717) is 6.42 Å². The number of hydrogen-bond acceptors (Lipinski definition) is 2. The highest BCUT2D eigenvalue weighted by Crippen LogP contribution is 2.16. The lowest BCUT2D eigenvalue weighted by molar-refractivity contribution is -0.136. The molecule has 2 amide bonds. The highest BCUT2D eigenvalue weighted by molar-refractivity contribution is 5.98. The molecule has 62 valence electrons. The van der Waals surface area contributed by atoms with E-state index in [0.717, 1.165) is 19.3 Å². The molecular weight excluding hydrogens is 142 g/mol. The molecule has 1 heterocycles. The number of nitrogens with one attached hydrogen (secondary N) is 1. The van der Waals surface area contributed by atoms with E-state index in [1.54, 1.807) is 0 Å². The predicted molar refractivity (Wildman–Crippen MR) is 40.8 cm³/mol. The molecule has 0 aromatic heterocycles. The summed E-state index contributed by atoms with van der Waals surface area (Å²) in [6.07, 6.45) is 3.15. The molecule has 1 aliphatic rings. The zero-order chi connectivity index (χ0) is 8.27. The van der Waals surface area contributed by atoms with Crippen molar-refractivity contribution >= 4 is 11.8 Å². The van der Waals surface area contributed by atoms with Crippen LogP contribution in [0.25, 0.3) is 0 Å². The van der Waals surface area contributed by atoms with E-state index in [1.807, 2.05) is 6.92 Å². The Morgan fingerprint density at radius 2 is 2.27 bits per heavy atom. The molecule has 1 N–H and O–H groups in total. The standard InChI is InChI=1S/C8H13NO2/c1-2-3-6-4-5-7(10)9-8(6)11/h6H,2-5H2,1H3,(H,9,10,11)/t6-/m0/s1. The van der Waals surface area contributed by atoms with Crippen LogP contribution in [0.15, 0.2) is 0 Å². The molecular formula is C8H13NO2. The van der Waals surface area contributed by atoms with Gasteiger partial charge in [-0.1, -0.05) is 13.3 Å². The van der Waals surface area contributed by atoms with Crippen LogP contribution in [0.4, 0.5) is 0 Å². The third-order valence-electron chi connectivity index (χ3n) is 1.99. The zero-order valence-electron chi connectivity index (χ0n) is 6.72. The molecule has 3 heteroatoms. The van der Waals surface area contributed by atoms with Crippen molar-refractivity contribution in [1.82, 2.24) is 5.32 Å². The molecule has 1 rings (SSSR count). The second-order valence-electron chi connectivity index (χ2n) is 2.94. The van der Waals surface area contributed by atoms with E-state index in [9.17, 15) is 9.59 Å². The van der Waals surface area contributed by atoms with Gasteiger partial charge in [0.15, 0.2) is 0 Å². The van der Waals surface area contributed by atoms with Gasteiger partial charge in [-0.25, -0.2) is 0 Å². The number of carbonyl (C=O) groups excluding carboxylic acids is 2. The maximum absolute atomic E-state index is 11.1. The topological polar surface area (TPSA) is 46.2 Å². The van der Waals surface area contributed by atoms with Crippen molar-refractivity contribution in [1.29, 1.82) is 0 Å². The molecule has 0 aliphatic carbocycles. The van der Waals surface area contributed by atoms with E-state index >= 15 is 0 Å². The number of amides is 2. The van der Waals surface area contributed by atoms with Crippen molar-refractivity contribution in [2.75, 3.05) is 0 Å². The van der Waals surface area contributed by atoms with E-state index < -0.39 is 0 Å². The van der Waals surface area contributed by atoms with Gasteiger partial charge in [0, 0.05) is 12.3 Å². The fourth-order valence-corrected chi connectivity index (χ4v) is 1.36. The third kappa shape index (κ3) is 2.03. The average Bonchev–Trinajstić information content (AvgIpc) is 1.95. The van der Waals surface area contributed by atoms with Crippen molar-refractivity contribution < 1.29 is 9.59 Å². The normalized spacial score (nSPS) is 25.0. The highest BCUT2D eigenvalue weighted by Gasteiger charge is 2.24. The highest BCUT2D eigenvalue weighted by atomic mass is 16.2. The molecule has 1 fully saturated rings. The van der Waals surface area contributed by atoms with Gasteiger partial charge in [-0.05, 0) is 12.8 Å². The van der Waals surface area contributed by atoms with Crippen LogP contribution >= 0.6 is 0 Å². The van der Waals surface area contributed by atoms with Gasteiger partial charge in [0.1, 0.15) is 0 Å². The van der Waals surface area contributed by atoms with Gasteiger partial charge in [-0.3, -0.25) is 14.9 Å². The molecule has 0 radical (unpaired) electrons. The van der Waals surface area contributed by atoms with Crippen LogP contribution in [0.5, 0.6) is 0 Å². The van der Waals surface area contributed by atoms with Crippen LogP contribution in [0.3, 0.4) is 0 Å². The summed E-state index contributed by atoms with van der Waals surface area (Å²) in [7, 11) is 0. The first-order valence-electron chi connectivity index (χ1n) is 4.07. The summed E-state index contributed by atoms with van der Waals surface area (Å²) in [5.74, 6) is -0.122. The van der Waals surface area contributed by atoms with Crippen LogP contribution in [-0.4, -0.2) is 11.8 Å². The Hall–Kier alpha value is -0.860. The third-order valence-corrected chi connectivity index (χ3v) is 1.99. The molecule has 0 aromatic carbocycles. The Kier molecular flexibility index (Phi) is 2.63. The molecule has 0 unspecified atom stereocenters. The molecule has 0 spiro atoms. The summed E-state index contributed by atoms with van der Waals surface area (Å²) in [5, 5.41) is 2.34. The van der Waals surface area contributed by atoms with Gasteiger partial charge in [0.2, 0.25) is 11.8 Å². The maximum atomic E-state index is 11.1. The SMILES string of the molecule is CCC[C@H]1CCC(=O)NC1=O. The van der Waals surface area contributed by atoms with Gasteiger partial charge in [0.05, 0.1) is 0 Å². The van der Waals surface area contributed by atoms with Crippen LogP contribution in [-0.2, 0) is 9.59 Å². The first-order valence-corrected chi connectivity index (χ1v) is 4.07. The van der Waals surface area contributed by atoms with E-state index in [-0.39, 0.29) is 17.7 Å². The van der Waals surface area contributed by atoms with Gasteiger partial charge in [0.25, 0.3) is 0 Å². The minimum Gasteiger partial charge on any atom is -0.296 e. The van der Waals surface area contributed by atoms with E-state index in [1.165, 1.54) is 0 Å². The Morgan fingerprint density at radius 3 is 2.82 bits per heavy atom. The monoisotopic (exact) mass is 155 g/mol. The molecule has 1 atom stereocenters. The summed E-state index contributed by atoms with van der Waals surface area (Å²) >= 11 is 0. The van der Waals surface area contributed by atoms with Crippen LogP contribution in [0, 0.1) is 5.92 Å². The fraction of sp³-hybridized carbons (Fsp3) is 0.750. The Balaban J connectivity index is 2.44. The zero-order valence-corrected chi connectivity index (χ0v) is 6.72. The number of carbonyl (C=O) groups is 2. The van der Waals surface area contributed by atoms with Crippen molar-refractivity contribution in [3.63, 3.8) is 0 Å². The number of imide groups is 1. The van der Waals surface area contributed by atoms with Gasteiger partial charge < -0.3 is 0 Å². The number of hydrogen-bond donors (Lipinski definition) is 1. The van der Waals surface area contributed by atoms with Crippen LogP contribution < -0.4 is 5.32 Å². The lowest BCUT2D eigenvalue weighted by atomic mass is 9.94. The Bertz CT molecular complexity index is 177. The summed E-state index contributed by atoms with van der Waals surface area (Å²) in [5.41, 5.74) is 0. The molecule has 1 saturated heterocycles. The maximum Gasteiger partial charge on any atom is 0.229 e. The summed E-state index contributed by atoms with van der Waals surface area (Å²) in [6.45, 7) is 2.05. The first kappa shape index (κ1) is 8.24. The molecule has 1 aliphatic heterocycles. The van der Waals surface area contributed by atoms with Crippen molar-refractivity contribution in [2.24, 2.45) is 5.92 Å². The quantitative estimate of drug-likeness (QED) is 0.600. The molecule has 0 aromatic rings. The second-order valence-corrected chi connectivity index (χ2v) is 2.94. The largest absolute Gasteiger partial charge is 0.296 e. The molecule has 0 saturated carbocycles. The van der Waals surface area contributed by atoms with Crippen molar-refractivity contribution in [3.05, 3.63) is 0 Å². The number of piperidine rings is 1. The van der Waals surface area contributed by atoms with Gasteiger partial charge in [-0.15, -0.1) is 0 Å². The lowest BCUT2D eigenvalue weighted by Gasteiger charge is -2.19. The molecule has 0 bridgehead atoms. The van der Waals surface area contributed by atoms with Crippen molar-refractivity contribution in [2.45, 2.75) is 32.6 Å². The second kappa shape index (κ2) is 3.51. The Morgan fingerprint density at radius 1 is 1.55 bits per heavy atom. The van der Waals surface area contributed by atoms with E-state index in [2.05, 4.69) is 5.32 Å². The molecule has 11 heavy (non-hydrogen) atoms. The number of rotatable bonds is 2. The summed E-state index contributed by atoms with van der Waals surface area (Å²) < 4.78 is 0. The fourth-order valence-electron chi connectivity index (χ4n) is 1.36. The molecule has 3 nitrogen and oxygen atoms in total. The van der Waals surface area contributed by atoms with Crippen LogP contribution in [0.1, 0.15) is 32.6 Å². The van der Waals surface area contributed by atoms with Gasteiger partial charge >= 0.3 is 0 Å². The van der Waals surface area contributed by atoms with Crippen molar-refractivity contribution in [3.8, 4) is 0 Å². The minimum absolute atomic E-state index is 0.0805. The summed E-state index contributed by atoms with van der Waals surface area (Å²) in [4.78, 5) is 21.8. The predicted octanol–water partition coefficient (Wildman–Crippen LogP) is 0.839. The minimum atomic E-state index is -0.123. The lowest BCUT2D eigenvalue weighted by Crippen LogP contribution is -2.40. The Labute approximate surface area is 66.2 Å². The van der Waals surface area contributed by atoms with Crippen LogP contribution in [0.2, 0.25) is 0 Å².